The number of nitro groups is 1. The van der Waals surface area contributed by atoms with Crippen LogP contribution in [-0.2, 0) is 0 Å². The molecular weight excluding hydrogens is 320 g/mol. The molecule has 3 rings (SSSR count). The number of aromatic nitrogens is 3. The number of rotatable bonds is 5. The number of nitrogens with zero attached hydrogens (tertiary/aromatic N) is 4. The lowest BCUT2D eigenvalue weighted by atomic mass is 10.1. The maximum Gasteiger partial charge on any atom is 0.353 e. The van der Waals surface area contributed by atoms with Crippen LogP contribution in [0.4, 0.5) is 28.7 Å². The first-order valence-electron chi connectivity index (χ1n) is 7.55. The fourth-order valence-corrected chi connectivity index (χ4v) is 2.39. The Balaban J connectivity index is 1.99. The van der Waals surface area contributed by atoms with Gasteiger partial charge in [-0.2, -0.15) is 0 Å². The molecule has 2 N–H and O–H groups in total. The van der Waals surface area contributed by atoms with Crippen LogP contribution in [0.15, 0.2) is 49.1 Å². The molecule has 0 saturated heterocycles. The minimum absolute atomic E-state index is 0.110. The molecule has 0 aliphatic rings. The summed E-state index contributed by atoms with van der Waals surface area (Å²) in [5.41, 5.74) is 3.26. The number of nitrogens with one attached hydrogen (secondary N) is 2. The van der Waals surface area contributed by atoms with Crippen molar-refractivity contribution in [3.05, 3.63) is 70.3 Å². The lowest BCUT2D eigenvalue weighted by Crippen LogP contribution is -2.06. The Labute approximate surface area is 144 Å². The third-order valence-electron chi connectivity index (χ3n) is 3.58. The summed E-state index contributed by atoms with van der Waals surface area (Å²) in [6.07, 6.45) is 4.46. The maximum absolute atomic E-state index is 11.6. The van der Waals surface area contributed by atoms with E-state index in [9.17, 15) is 10.1 Å². The van der Waals surface area contributed by atoms with E-state index in [4.69, 9.17) is 0 Å². The summed E-state index contributed by atoms with van der Waals surface area (Å²) in [6, 6.07) is 9.18. The Morgan fingerprint density at radius 1 is 1.00 bits per heavy atom. The summed E-state index contributed by atoms with van der Waals surface area (Å²) in [6.45, 7) is 3.92. The highest BCUT2D eigenvalue weighted by molar-refractivity contribution is 5.77. The van der Waals surface area contributed by atoms with Crippen LogP contribution < -0.4 is 10.6 Å². The molecule has 8 heteroatoms. The van der Waals surface area contributed by atoms with E-state index < -0.39 is 4.92 Å². The SMILES string of the molecule is Cc1ccc(Nc2ncnc(Nc3ccncc3)c2[N+](=O)[O-])c(C)c1. The molecule has 126 valence electrons. The molecule has 3 aromatic rings. The van der Waals surface area contributed by atoms with Crippen LogP contribution in [-0.4, -0.2) is 19.9 Å². The quantitative estimate of drug-likeness (QED) is 0.538. The number of pyridine rings is 1. The zero-order chi connectivity index (χ0) is 17.8. The Morgan fingerprint density at radius 3 is 2.32 bits per heavy atom. The molecule has 0 aliphatic heterocycles. The van der Waals surface area contributed by atoms with Crippen LogP contribution in [0.2, 0.25) is 0 Å². The van der Waals surface area contributed by atoms with Crippen LogP contribution >= 0.6 is 0 Å². The summed E-state index contributed by atoms with van der Waals surface area (Å²) in [7, 11) is 0. The van der Waals surface area contributed by atoms with Gasteiger partial charge in [0.05, 0.1) is 4.92 Å². The third-order valence-corrected chi connectivity index (χ3v) is 3.58. The molecule has 0 bridgehead atoms. The van der Waals surface area contributed by atoms with Crippen molar-refractivity contribution in [2.75, 3.05) is 10.6 Å². The van der Waals surface area contributed by atoms with E-state index in [1.165, 1.54) is 6.33 Å². The number of anilines is 4. The number of benzene rings is 1. The fourth-order valence-electron chi connectivity index (χ4n) is 2.39. The Hall–Kier alpha value is -3.55. The van der Waals surface area contributed by atoms with Gasteiger partial charge in [-0.25, -0.2) is 9.97 Å². The van der Waals surface area contributed by atoms with Gasteiger partial charge in [-0.15, -0.1) is 0 Å². The second kappa shape index (κ2) is 6.91. The minimum atomic E-state index is -0.505. The van der Waals surface area contributed by atoms with E-state index in [2.05, 4.69) is 25.6 Å². The fraction of sp³-hybridized carbons (Fsp3) is 0.118. The summed E-state index contributed by atoms with van der Waals surface area (Å²) >= 11 is 0. The van der Waals surface area contributed by atoms with Crippen LogP contribution in [0, 0.1) is 24.0 Å². The largest absolute Gasteiger partial charge is 0.353 e. The normalized spacial score (nSPS) is 10.3. The highest BCUT2D eigenvalue weighted by Gasteiger charge is 2.23. The molecule has 0 amide bonds. The average molecular weight is 336 g/mol. The second-order valence-electron chi connectivity index (χ2n) is 5.48. The van der Waals surface area contributed by atoms with Crippen molar-refractivity contribution in [3.8, 4) is 0 Å². The van der Waals surface area contributed by atoms with Gasteiger partial charge in [0.2, 0.25) is 11.6 Å². The van der Waals surface area contributed by atoms with Crippen molar-refractivity contribution in [3.63, 3.8) is 0 Å². The van der Waals surface area contributed by atoms with Crippen LogP contribution in [0.25, 0.3) is 0 Å². The molecular formula is C17H16N6O2. The van der Waals surface area contributed by atoms with Gasteiger partial charge in [0.1, 0.15) is 6.33 Å². The molecule has 0 aliphatic carbocycles. The van der Waals surface area contributed by atoms with Crippen molar-refractivity contribution in [1.29, 1.82) is 0 Å². The summed E-state index contributed by atoms with van der Waals surface area (Å²) in [5.74, 6) is 0.238. The van der Waals surface area contributed by atoms with Gasteiger partial charge in [-0.1, -0.05) is 17.7 Å². The van der Waals surface area contributed by atoms with Gasteiger partial charge >= 0.3 is 5.69 Å². The molecule has 25 heavy (non-hydrogen) atoms. The van der Waals surface area contributed by atoms with Crippen molar-refractivity contribution in [2.45, 2.75) is 13.8 Å². The van der Waals surface area contributed by atoms with Crippen LogP contribution in [0.5, 0.6) is 0 Å². The van der Waals surface area contributed by atoms with E-state index in [1.54, 1.807) is 24.5 Å². The zero-order valence-corrected chi connectivity index (χ0v) is 13.7. The molecule has 8 nitrogen and oxygen atoms in total. The maximum atomic E-state index is 11.6. The highest BCUT2D eigenvalue weighted by atomic mass is 16.6. The monoisotopic (exact) mass is 336 g/mol. The van der Waals surface area contributed by atoms with Crippen LogP contribution in [0.1, 0.15) is 11.1 Å². The first-order valence-corrected chi connectivity index (χ1v) is 7.55. The van der Waals surface area contributed by atoms with Crippen molar-refractivity contribution in [2.24, 2.45) is 0 Å². The molecule has 0 unspecified atom stereocenters. The van der Waals surface area contributed by atoms with Crippen molar-refractivity contribution in [1.82, 2.24) is 15.0 Å². The molecule has 2 heterocycles. The van der Waals surface area contributed by atoms with Gasteiger partial charge in [-0.05, 0) is 37.6 Å². The van der Waals surface area contributed by atoms with E-state index in [0.717, 1.165) is 16.8 Å². The third kappa shape index (κ3) is 3.69. The molecule has 0 radical (unpaired) electrons. The van der Waals surface area contributed by atoms with Gasteiger partial charge in [0.15, 0.2) is 0 Å². The van der Waals surface area contributed by atoms with E-state index in [1.807, 2.05) is 32.0 Å². The Morgan fingerprint density at radius 2 is 1.68 bits per heavy atom. The lowest BCUT2D eigenvalue weighted by Gasteiger charge is -2.12. The lowest BCUT2D eigenvalue weighted by molar-refractivity contribution is -0.383. The predicted molar refractivity (Wildman–Crippen MR) is 95.4 cm³/mol. The van der Waals surface area contributed by atoms with Crippen LogP contribution in [0.3, 0.4) is 0 Å². The van der Waals surface area contributed by atoms with Gasteiger partial charge < -0.3 is 10.6 Å². The molecule has 0 spiro atoms. The molecule has 2 aromatic heterocycles. The summed E-state index contributed by atoms with van der Waals surface area (Å²) in [4.78, 5) is 23.1. The molecule has 1 aromatic carbocycles. The van der Waals surface area contributed by atoms with Crippen molar-refractivity contribution >= 4 is 28.7 Å². The Bertz CT molecular complexity index is 914. The topological polar surface area (TPSA) is 106 Å². The van der Waals surface area contributed by atoms with Gasteiger partial charge in [0, 0.05) is 23.8 Å². The first-order chi connectivity index (χ1) is 12.0. The predicted octanol–water partition coefficient (Wildman–Crippen LogP) is 3.88. The highest BCUT2D eigenvalue weighted by Crippen LogP contribution is 2.33. The number of hydrogen-bond donors (Lipinski definition) is 2. The molecule has 0 saturated carbocycles. The number of aryl methyl sites for hydroxylation is 2. The second-order valence-corrected chi connectivity index (χ2v) is 5.48. The van der Waals surface area contributed by atoms with E-state index >= 15 is 0 Å². The first kappa shape index (κ1) is 16.3. The summed E-state index contributed by atoms with van der Waals surface area (Å²) < 4.78 is 0. The average Bonchev–Trinajstić information content (AvgIpc) is 2.58. The zero-order valence-electron chi connectivity index (χ0n) is 13.7. The summed E-state index contributed by atoms with van der Waals surface area (Å²) in [5, 5.41) is 17.6. The Kier molecular flexibility index (Phi) is 4.51. The van der Waals surface area contributed by atoms with Gasteiger partial charge in [-0.3, -0.25) is 15.1 Å². The molecule has 0 fully saturated rings. The van der Waals surface area contributed by atoms with E-state index in [0.29, 0.717) is 5.69 Å². The standard InChI is InChI=1S/C17H16N6O2/c1-11-3-4-14(12(2)9-11)22-17-15(23(24)25)16(19-10-20-17)21-13-5-7-18-8-6-13/h3-10H,1-2H3,(H2,18,19,20,21,22). The number of hydrogen-bond acceptors (Lipinski definition) is 7. The minimum Gasteiger partial charge on any atom is -0.334 e. The molecule has 0 atom stereocenters. The smallest absolute Gasteiger partial charge is 0.334 e. The van der Waals surface area contributed by atoms with Gasteiger partial charge in [0.25, 0.3) is 0 Å². The van der Waals surface area contributed by atoms with Crippen molar-refractivity contribution < 1.29 is 4.92 Å². The van der Waals surface area contributed by atoms with E-state index in [-0.39, 0.29) is 17.3 Å².